The van der Waals surface area contributed by atoms with E-state index >= 15 is 0 Å². The van der Waals surface area contributed by atoms with Crippen LogP contribution in [0.1, 0.15) is 146 Å². The van der Waals surface area contributed by atoms with Crippen LogP contribution in [0.5, 0.6) is 0 Å². The first-order chi connectivity index (χ1) is 22.1. The Balaban J connectivity index is 1.27. The van der Waals surface area contributed by atoms with Gasteiger partial charge < -0.3 is 15.2 Å². The summed E-state index contributed by atoms with van der Waals surface area (Å²) in [7, 11) is 0. The van der Waals surface area contributed by atoms with Crippen molar-refractivity contribution in [3.8, 4) is 0 Å². The van der Waals surface area contributed by atoms with Crippen LogP contribution >= 0.6 is 0 Å². The van der Waals surface area contributed by atoms with E-state index in [9.17, 15) is 24.3 Å². The third-order valence-electron chi connectivity index (χ3n) is 15.4. The molecule has 0 aromatic rings. The van der Waals surface area contributed by atoms with Gasteiger partial charge in [-0.05, 0) is 149 Å². The number of carboxylic acids is 1. The number of hydrogen-bond acceptors (Lipinski definition) is 5. The molecule has 0 saturated heterocycles. The molecule has 5 saturated carbocycles. The highest BCUT2D eigenvalue weighted by Gasteiger charge is 2.67. The monoisotopic (exact) mass is 665 g/mol. The van der Waals surface area contributed by atoms with E-state index in [1.165, 1.54) is 5.57 Å². The molecule has 8 atom stereocenters. The van der Waals surface area contributed by atoms with E-state index in [4.69, 9.17) is 4.74 Å². The van der Waals surface area contributed by atoms with Crippen LogP contribution in [0.4, 0.5) is 0 Å². The van der Waals surface area contributed by atoms with Gasteiger partial charge in [-0.1, -0.05) is 41.5 Å². The van der Waals surface area contributed by atoms with E-state index in [2.05, 4.69) is 60.7 Å². The van der Waals surface area contributed by atoms with Gasteiger partial charge in [-0.2, -0.15) is 0 Å². The number of ketones is 1. The molecule has 2 N–H and O–H groups in total. The number of amides is 1. The van der Waals surface area contributed by atoms with Crippen LogP contribution in [0.15, 0.2) is 11.1 Å². The molecule has 48 heavy (non-hydrogen) atoms. The molecule has 0 radical (unpaired) electrons. The summed E-state index contributed by atoms with van der Waals surface area (Å²) in [5.41, 5.74) is 0.0369. The van der Waals surface area contributed by atoms with E-state index in [0.717, 1.165) is 69.8 Å². The lowest BCUT2D eigenvalue weighted by Crippen LogP contribution is -2.63. The first-order valence-corrected chi connectivity index (χ1v) is 19.1. The molecule has 0 aromatic carbocycles. The van der Waals surface area contributed by atoms with Gasteiger partial charge in [0.1, 0.15) is 6.10 Å². The predicted octanol–water partition coefficient (Wildman–Crippen LogP) is 8.29. The number of carboxylic acid groups (broad SMARTS) is 1. The van der Waals surface area contributed by atoms with Crippen molar-refractivity contribution >= 4 is 23.6 Å². The lowest BCUT2D eigenvalue weighted by atomic mass is 9.36. The van der Waals surface area contributed by atoms with Crippen molar-refractivity contribution in [3.05, 3.63) is 11.1 Å². The fourth-order valence-corrected chi connectivity index (χ4v) is 12.7. The second-order valence-corrected chi connectivity index (χ2v) is 19.8. The fraction of sp³-hybridized carbons (Fsp3) is 0.854. The molecular weight excluding hydrogens is 602 g/mol. The molecule has 7 heteroatoms. The molecule has 0 aromatic heterocycles. The number of esters is 1. The molecule has 0 heterocycles. The van der Waals surface area contributed by atoms with Crippen molar-refractivity contribution in [2.24, 2.45) is 62.6 Å². The Labute approximate surface area is 289 Å². The van der Waals surface area contributed by atoms with Crippen LogP contribution < -0.4 is 5.32 Å². The van der Waals surface area contributed by atoms with Gasteiger partial charge in [0.25, 0.3) is 0 Å². The van der Waals surface area contributed by atoms with E-state index in [1.807, 2.05) is 0 Å². The van der Waals surface area contributed by atoms with E-state index < -0.39 is 22.8 Å². The Hall–Kier alpha value is -2.18. The first-order valence-electron chi connectivity index (χ1n) is 19.1. The van der Waals surface area contributed by atoms with E-state index in [0.29, 0.717) is 30.1 Å². The maximum absolute atomic E-state index is 14.5. The summed E-state index contributed by atoms with van der Waals surface area (Å²) in [6.07, 6.45) is 10.1. The van der Waals surface area contributed by atoms with Crippen LogP contribution in [0.25, 0.3) is 0 Å². The van der Waals surface area contributed by atoms with Gasteiger partial charge in [0.05, 0.1) is 17.3 Å². The second kappa shape index (κ2) is 11.4. The summed E-state index contributed by atoms with van der Waals surface area (Å²) < 4.78 is 6.13. The van der Waals surface area contributed by atoms with Crippen molar-refractivity contribution in [1.29, 1.82) is 0 Å². The summed E-state index contributed by atoms with van der Waals surface area (Å²) in [5, 5.41) is 13.1. The Morgan fingerprint density at radius 2 is 1.52 bits per heavy atom. The lowest BCUT2D eigenvalue weighted by Gasteiger charge is -2.68. The highest BCUT2D eigenvalue weighted by molar-refractivity contribution is 6.07. The van der Waals surface area contributed by atoms with Gasteiger partial charge in [0.2, 0.25) is 5.91 Å². The van der Waals surface area contributed by atoms with Crippen molar-refractivity contribution in [3.63, 3.8) is 0 Å². The van der Waals surface area contributed by atoms with Crippen LogP contribution in [0.3, 0.4) is 0 Å². The van der Waals surface area contributed by atoms with Crippen LogP contribution in [0.2, 0.25) is 0 Å². The van der Waals surface area contributed by atoms with E-state index in [-0.39, 0.29) is 57.8 Å². The molecule has 5 fully saturated rings. The SMILES string of the molecule is CC(C)C1=C2C3CCC4C(C)(CCC5C(C)(C)[C@@H](OC(=O)CC(C)(C)C(=O)O)CC[C@]45C)C3CC[C@@]2(C(=O)NC(C)(C)C2CC2)CC1=O. The Bertz CT molecular complexity index is 1420. The number of carbonyl (C=O) groups excluding carboxylic acids is 3. The number of carbonyl (C=O) groups is 4. The second-order valence-electron chi connectivity index (χ2n) is 19.8. The summed E-state index contributed by atoms with van der Waals surface area (Å²) in [6.45, 7) is 21.3. The minimum absolute atomic E-state index is 0.0890. The van der Waals surface area contributed by atoms with Gasteiger partial charge in [-0.25, -0.2) is 0 Å². The fourth-order valence-electron chi connectivity index (χ4n) is 12.7. The van der Waals surface area contributed by atoms with Gasteiger partial charge in [-0.15, -0.1) is 0 Å². The largest absolute Gasteiger partial charge is 0.481 e. The molecule has 0 spiro atoms. The van der Waals surface area contributed by atoms with Gasteiger partial charge >= 0.3 is 11.9 Å². The standard InChI is InChI=1S/C41H63NO6/c1-23(2)32-27(43)21-41(34(45)42-38(7,8)24-11-12-24)20-15-26-25(33(32)41)13-14-29-39(26,9)18-16-28-37(5,6)30(17-19-40(28,29)10)48-31(44)22-36(3,4)35(46)47/h23-26,28-30H,11-22H2,1-10H3,(H,42,45)(H,46,47)/t25?,26?,28?,29?,30-,39?,40-,41+/m0/s1. The van der Waals surface area contributed by atoms with Crippen molar-refractivity contribution in [2.75, 3.05) is 0 Å². The van der Waals surface area contributed by atoms with Crippen molar-refractivity contribution in [1.82, 2.24) is 5.32 Å². The number of ether oxygens (including phenoxy) is 1. The zero-order chi connectivity index (χ0) is 35.4. The van der Waals surface area contributed by atoms with Gasteiger partial charge in [0, 0.05) is 17.4 Å². The maximum Gasteiger partial charge on any atom is 0.309 e. The number of hydrogen-bond donors (Lipinski definition) is 2. The summed E-state index contributed by atoms with van der Waals surface area (Å²) in [6, 6.07) is 0. The van der Waals surface area contributed by atoms with Crippen molar-refractivity contribution < 1.29 is 29.0 Å². The molecule has 0 aliphatic heterocycles. The Morgan fingerprint density at radius 1 is 0.875 bits per heavy atom. The number of aliphatic carboxylic acids is 1. The number of rotatable bonds is 8. The number of fused-ring (bicyclic) bond motifs is 7. The molecule has 268 valence electrons. The zero-order valence-electron chi connectivity index (χ0n) is 31.5. The molecule has 1 amide bonds. The molecule has 6 aliphatic carbocycles. The third-order valence-corrected chi connectivity index (χ3v) is 15.4. The maximum atomic E-state index is 14.5. The molecule has 0 bridgehead atoms. The minimum atomic E-state index is -1.16. The minimum Gasteiger partial charge on any atom is -0.481 e. The average Bonchev–Trinajstić information content (AvgIpc) is 3.77. The summed E-state index contributed by atoms with van der Waals surface area (Å²) in [5.74, 6) is 1.13. The van der Waals surface area contributed by atoms with Gasteiger partial charge in [0.15, 0.2) is 5.78 Å². The predicted molar refractivity (Wildman–Crippen MR) is 186 cm³/mol. The third kappa shape index (κ3) is 5.33. The molecular formula is C41H63NO6. The summed E-state index contributed by atoms with van der Waals surface area (Å²) in [4.78, 5) is 53.0. The number of nitrogens with one attached hydrogen (secondary N) is 1. The lowest BCUT2D eigenvalue weighted by molar-refractivity contribution is -0.213. The van der Waals surface area contributed by atoms with Crippen molar-refractivity contribution in [2.45, 2.75) is 158 Å². The highest BCUT2D eigenvalue weighted by Crippen LogP contribution is 2.73. The van der Waals surface area contributed by atoms with Crippen LogP contribution in [0, 0.1) is 62.6 Å². The molecule has 7 nitrogen and oxygen atoms in total. The molecule has 5 unspecified atom stereocenters. The number of allylic oxidation sites excluding steroid dienone is 1. The van der Waals surface area contributed by atoms with Crippen LogP contribution in [-0.2, 0) is 23.9 Å². The Morgan fingerprint density at radius 3 is 2.12 bits per heavy atom. The zero-order valence-corrected chi connectivity index (χ0v) is 31.5. The quantitative estimate of drug-likeness (QED) is 0.253. The highest BCUT2D eigenvalue weighted by atomic mass is 16.5. The van der Waals surface area contributed by atoms with E-state index in [1.54, 1.807) is 13.8 Å². The smallest absolute Gasteiger partial charge is 0.309 e. The average molecular weight is 666 g/mol. The molecule has 6 aliphatic rings. The van der Waals surface area contributed by atoms with Crippen LogP contribution in [-0.4, -0.2) is 40.4 Å². The molecule has 6 rings (SSSR count). The van der Waals surface area contributed by atoms with Gasteiger partial charge in [-0.3, -0.25) is 19.2 Å². The number of Topliss-reactive ketones (excluding diaryl/α,β-unsaturated/α-hetero) is 1. The summed E-state index contributed by atoms with van der Waals surface area (Å²) >= 11 is 0. The normalized spacial score (nSPS) is 39.2. The first kappa shape index (κ1) is 35.6. The topological polar surface area (TPSA) is 110 Å². The Kier molecular flexibility index (Phi) is 8.48.